The number of nitrogens with one attached hydrogen (secondary N) is 1. The van der Waals surface area contributed by atoms with Crippen molar-refractivity contribution >= 4 is 11.9 Å². The molecule has 2 rings (SSSR count). The zero-order chi connectivity index (χ0) is 14.6. The highest BCUT2D eigenvalue weighted by atomic mass is 16.4. The summed E-state index contributed by atoms with van der Waals surface area (Å²) in [7, 11) is 0. The van der Waals surface area contributed by atoms with Crippen LogP contribution in [0.4, 0.5) is 0 Å². The number of amides is 1. The van der Waals surface area contributed by atoms with Crippen molar-refractivity contribution in [2.45, 2.75) is 57.4 Å². The van der Waals surface area contributed by atoms with Crippen LogP contribution >= 0.6 is 0 Å². The molecule has 1 aromatic rings. The van der Waals surface area contributed by atoms with Crippen LogP contribution in [0.2, 0.25) is 0 Å². The Labute approximate surface area is 118 Å². The minimum atomic E-state index is -0.866. The van der Waals surface area contributed by atoms with E-state index in [2.05, 4.69) is 5.32 Å². The summed E-state index contributed by atoms with van der Waals surface area (Å²) in [6.07, 6.45) is 6.59. The molecule has 1 heterocycles. The average Bonchev–Trinajstić information content (AvgIpc) is 2.87. The van der Waals surface area contributed by atoms with Gasteiger partial charge in [-0.1, -0.05) is 26.2 Å². The number of hydrogen-bond donors (Lipinski definition) is 2. The Morgan fingerprint density at radius 2 is 2.05 bits per heavy atom. The Hall–Kier alpha value is -1.78. The predicted octanol–water partition coefficient (Wildman–Crippen LogP) is 2.75. The van der Waals surface area contributed by atoms with E-state index in [1.165, 1.54) is 6.26 Å². The Morgan fingerprint density at radius 1 is 1.35 bits per heavy atom. The second kappa shape index (κ2) is 6.11. The van der Waals surface area contributed by atoms with E-state index >= 15 is 0 Å². The zero-order valence-electron chi connectivity index (χ0n) is 11.8. The fourth-order valence-corrected chi connectivity index (χ4v) is 2.99. The lowest BCUT2D eigenvalue weighted by molar-refractivity contribution is -0.139. The highest BCUT2D eigenvalue weighted by Gasteiger charge is 2.36. The minimum absolute atomic E-state index is 0.0158. The molecular formula is C15H21NO4. The third-order valence-corrected chi connectivity index (χ3v) is 3.99. The molecule has 0 radical (unpaired) electrons. The van der Waals surface area contributed by atoms with Gasteiger partial charge in [0.15, 0.2) is 0 Å². The molecule has 0 unspecified atom stereocenters. The van der Waals surface area contributed by atoms with Crippen LogP contribution in [0.1, 0.15) is 61.6 Å². The fraction of sp³-hybridized carbons (Fsp3) is 0.600. The molecule has 2 N–H and O–H groups in total. The van der Waals surface area contributed by atoms with E-state index in [-0.39, 0.29) is 12.3 Å². The van der Waals surface area contributed by atoms with E-state index in [0.29, 0.717) is 17.7 Å². The maximum Gasteiger partial charge on any atom is 0.305 e. The van der Waals surface area contributed by atoms with Crippen molar-refractivity contribution < 1.29 is 19.1 Å². The third-order valence-electron chi connectivity index (χ3n) is 3.99. The molecule has 1 aliphatic carbocycles. The molecule has 1 saturated carbocycles. The first-order valence-corrected chi connectivity index (χ1v) is 7.17. The lowest BCUT2D eigenvalue weighted by Crippen LogP contribution is -2.51. The van der Waals surface area contributed by atoms with Crippen LogP contribution < -0.4 is 5.32 Å². The van der Waals surface area contributed by atoms with Crippen molar-refractivity contribution in [1.82, 2.24) is 5.32 Å². The highest BCUT2D eigenvalue weighted by Crippen LogP contribution is 2.31. The summed E-state index contributed by atoms with van der Waals surface area (Å²) >= 11 is 0. The van der Waals surface area contributed by atoms with Gasteiger partial charge in [-0.25, -0.2) is 0 Å². The van der Waals surface area contributed by atoms with Crippen LogP contribution in [0, 0.1) is 0 Å². The molecule has 0 saturated heterocycles. The van der Waals surface area contributed by atoms with Gasteiger partial charge < -0.3 is 14.8 Å². The summed E-state index contributed by atoms with van der Waals surface area (Å²) in [5.41, 5.74) is -0.0912. The maximum absolute atomic E-state index is 12.4. The Kier molecular flexibility index (Phi) is 4.47. The number of aryl methyl sites for hydroxylation is 1. The van der Waals surface area contributed by atoms with Gasteiger partial charge in [0, 0.05) is 6.42 Å². The van der Waals surface area contributed by atoms with Gasteiger partial charge in [0.2, 0.25) is 0 Å². The number of carboxylic acid groups (broad SMARTS) is 1. The molecule has 0 aromatic carbocycles. The SMILES string of the molecule is CCc1occc1C(=O)NC1(CC(=O)O)CCCCC1. The second-order valence-electron chi connectivity index (χ2n) is 5.48. The number of carbonyl (C=O) groups is 2. The molecule has 0 atom stereocenters. The highest BCUT2D eigenvalue weighted by molar-refractivity contribution is 5.96. The van der Waals surface area contributed by atoms with Crippen molar-refractivity contribution in [3.05, 3.63) is 23.7 Å². The van der Waals surface area contributed by atoms with Crippen LogP contribution in [0.5, 0.6) is 0 Å². The van der Waals surface area contributed by atoms with E-state index in [1.54, 1.807) is 6.07 Å². The molecule has 110 valence electrons. The summed E-state index contributed by atoms with van der Waals surface area (Å²) in [5.74, 6) is -0.447. The van der Waals surface area contributed by atoms with E-state index in [1.807, 2.05) is 6.92 Å². The number of furan rings is 1. The molecular weight excluding hydrogens is 258 g/mol. The van der Waals surface area contributed by atoms with Crippen molar-refractivity contribution in [2.24, 2.45) is 0 Å². The van der Waals surface area contributed by atoms with Gasteiger partial charge in [0.1, 0.15) is 5.76 Å². The van der Waals surface area contributed by atoms with Crippen molar-refractivity contribution in [1.29, 1.82) is 0 Å². The number of hydrogen-bond acceptors (Lipinski definition) is 3. The van der Waals surface area contributed by atoms with Crippen LogP contribution in [0.25, 0.3) is 0 Å². The number of carboxylic acids is 1. The van der Waals surface area contributed by atoms with Crippen LogP contribution in [-0.2, 0) is 11.2 Å². The number of aliphatic carboxylic acids is 1. The second-order valence-corrected chi connectivity index (χ2v) is 5.48. The lowest BCUT2D eigenvalue weighted by atomic mass is 9.79. The summed E-state index contributed by atoms with van der Waals surface area (Å²) in [6.45, 7) is 1.92. The van der Waals surface area contributed by atoms with Crippen LogP contribution in [0.3, 0.4) is 0 Å². The predicted molar refractivity (Wildman–Crippen MR) is 73.6 cm³/mol. The molecule has 0 aliphatic heterocycles. The van der Waals surface area contributed by atoms with Crippen molar-refractivity contribution in [2.75, 3.05) is 0 Å². The molecule has 20 heavy (non-hydrogen) atoms. The Balaban J connectivity index is 2.15. The van der Waals surface area contributed by atoms with Crippen LogP contribution in [-0.4, -0.2) is 22.5 Å². The standard InChI is InChI=1S/C15H21NO4/c1-2-12-11(6-9-20-12)14(19)16-15(10-13(17)18)7-4-3-5-8-15/h6,9H,2-5,7-8,10H2,1H3,(H,16,19)(H,17,18). The molecule has 1 aliphatic rings. The van der Waals surface area contributed by atoms with E-state index in [0.717, 1.165) is 32.1 Å². The molecule has 1 amide bonds. The van der Waals surface area contributed by atoms with Gasteiger partial charge >= 0.3 is 5.97 Å². The van der Waals surface area contributed by atoms with Gasteiger partial charge in [0.25, 0.3) is 5.91 Å². The quantitative estimate of drug-likeness (QED) is 0.868. The fourth-order valence-electron chi connectivity index (χ4n) is 2.99. The van der Waals surface area contributed by atoms with Gasteiger partial charge in [-0.3, -0.25) is 9.59 Å². The smallest absolute Gasteiger partial charge is 0.305 e. The first-order valence-electron chi connectivity index (χ1n) is 7.17. The molecule has 0 bridgehead atoms. The van der Waals surface area contributed by atoms with Crippen molar-refractivity contribution in [3.63, 3.8) is 0 Å². The van der Waals surface area contributed by atoms with E-state index in [4.69, 9.17) is 9.52 Å². The summed E-state index contributed by atoms with van der Waals surface area (Å²) in [5, 5.41) is 12.1. The Bertz CT molecular complexity index is 486. The third kappa shape index (κ3) is 3.21. The number of rotatable bonds is 5. The van der Waals surface area contributed by atoms with Gasteiger partial charge in [-0.15, -0.1) is 0 Å². The minimum Gasteiger partial charge on any atom is -0.481 e. The molecule has 5 heteroatoms. The molecule has 5 nitrogen and oxygen atoms in total. The van der Waals surface area contributed by atoms with Gasteiger partial charge in [-0.2, -0.15) is 0 Å². The molecule has 0 spiro atoms. The lowest BCUT2D eigenvalue weighted by Gasteiger charge is -2.37. The molecule has 1 aromatic heterocycles. The topological polar surface area (TPSA) is 79.5 Å². The summed E-state index contributed by atoms with van der Waals surface area (Å²) < 4.78 is 5.26. The van der Waals surface area contributed by atoms with Gasteiger partial charge in [-0.05, 0) is 18.9 Å². The first-order chi connectivity index (χ1) is 9.56. The zero-order valence-corrected chi connectivity index (χ0v) is 11.8. The first kappa shape index (κ1) is 14.6. The van der Waals surface area contributed by atoms with Crippen LogP contribution in [0.15, 0.2) is 16.7 Å². The van der Waals surface area contributed by atoms with Gasteiger partial charge in [0.05, 0.1) is 23.8 Å². The Morgan fingerprint density at radius 3 is 2.65 bits per heavy atom. The summed E-state index contributed by atoms with van der Waals surface area (Å²) in [6, 6.07) is 1.64. The normalized spacial score (nSPS) is 17.6. The van der Waals surface area contributed by atoms with E-state index in [9.17, 15) is 9.59 Å². The maximum atomic E-state index is 12.4. The summed E-state index contributed by atoms with van der Waals surface area (Å²) in [4.78, 5) is 23.5. The average molecular weight is 279 g/mol. The monoisotopic (exact) mass is 279 g/mol. The molecule has 1 fully saturated rings. The largest absolute Gasteiger partial charge is 0.481 e. The van der Waals surface area contributed by atoms with Crippen molar-refractivity contribution in [3.8, 4) is 0 Å². The number of carbonyl (C=O) groups excluding carboxylic acids is 1. The van der Waals surface area contributed by atoms with E-state index < -0.39 is 11.5 Å².